The Hall–Kier alpha value is -3.11. The molecule has 7 nitrogen and oxygen atoms in total. The summed E-state index contributed by atoms with van der Waals surface area (Å²) < 4.78 is 0. The third-order valence-electron chi connectivity index (χ3n) is 11.0. The zero-order valence-corrected chi connectivity index (χ0v) is 23.7. The largest absolute Gasteiger partial charge is 0.481 e. The topological polar surface area (TPSA) is 108 Å². The summed E-state index contributed by atoms with van der Waals surface area (Å²) in [6.45, 7) is 4.65. The molecule has 0 unspecified atom stereocenters. The first-order valence-corrected chi connectivity index (χ1v) is 14.7. The third-order valence-corrected chi connectivity index (χ3v) is 11.0. The molecular formula is C33H42N2O5. The van der Waals surface area contributed by atoms with Crippen LogP contribution in [0.3, 0.4) is 0 Å². The molecule has 0 radical (unpaired) electrons. The first-order chi connectivity index (χ1) is 19.1. The van der Waals surface area contributed by atoms with Gasteiger partial charge in [0.05, 0.1) is 12.1 Å². The summed E-state index contributed by atoms with van der Waals surface area (Å²) in [5.41, 5.74) is 2.13. The number of rotatable bonds is 8. The minimum atomic E-state index is -0.978. The summed E-state index contributed by atoms with van der Waals surface area (Å²) >= 11 is 0. The molecule has 5 rings (SSSR count). The van der Waals surface area contributed by atoms with Crippen molar-refractivity contribution in [1.82, 2.24) is 5.32 Å². The van der Waals surface area contributed by atoms with Crippen molar-refractivity contribution in [3.05, 3.63) is 47.5 Å². The highest BCUT2D eigenvalue weighted by atomic mass is 16.6. The Morgan fingerprint density at radius 1 is 1.12 bits per heavy atom. The first kappa shape index (κ1) is 28.4. The van der Waals surface area contributed by atoms with Crippen LogP contribution in [0, 0.1) is 40.9 Å². The van der Waals surface area contributed by atoms with Crippen LogP contribution in [0.15, 0.2) is 47.1 Å². The zero-order chi connectivity index (χ0) is 28.5. The van der Waals surface area contributed by atoms with Gasteiger partial charge in [-0.3, -0.25) is 9.59 Å². The smallest absolute Gasteiger partial charge is 0.304 e. The van der Waals surface area contributed by atoms with Gasteiger partial charge in [0.15, 0.2) is 6.61 Å². The summed E-state index contributed by atoms with van der Waals surface area (Å²) in [5.74, 6) is 2.87. The Balaban J connectivity index is 1.17. The van der Waals surface area contributed by atoms with Gasteiger partial charge in [0.25, 0.3) is 5.91 Å². The second kappa shape index (κ2) is 11.0. The van der Waals surface area contributed by atoms with Crippen LogP contribution in [0.25, 0.3) is 0 Å². The van der Waals surface area contributed by atoms with Crippen molar-refractivity contribution in [1.29, 1.82) is 0 Å². The fourth-order valence-corrected chi connectivity index (χ4v) is 8.60. The molecule has 0 spiro atoms. The number of carbonyl (C=O) groups excluding carboxylic acids is 1. The highest BCUT2D eigenvalue weighted by molar-refractivity contribution is 5.96. The Morgan fingerprint density at radius 2 is 1.88 bits per heavy atom. The molecule has 3 N–H and O–H groups in total. The number of aliphatic hydroxyl groups is 1. The van der Waals surface area contributed by atoms with Gasteiger partial charge < -0.3 is 20.4 Å². The highest BCUT2D eigenvalue weighted by Crippen LogP contribution is 2.67. The average molecular weight is 547 g/mol. The van der Waals surface area contributed by atoms with E-state index in [0.29, 0.717) is 24.2 Å². The summed E-state index contributed by atoms with van der Waals surface area (Å²) in [4.78, 5) is 29.2. The predicted molar refractivity (Wildman–Crippen MR) is 153 cm³/mol. The molecule has 3 saturated carbocycles. The molecule has 0 bridgehead atoms. The van der Waals surface area contributed by atoms with Crippen molar-refractivity contribution < 1.29 is 24.6 Å². The van der Waals surface area contributed by atoms with E-state index in [0.717, 1.165) is 56.2 Å². The lowest BCUT2D eigenvalue weighted by Gasteiger charge is -2.58. The van der Waals surface area contributed by atoms with Crippen molar-refractivity contribution in [2.45, 2.75) is 83.2 Å². The Morgan fingerprint density at radius 3 is 2.60 bits per heavy atom. The van der Waals surface area contributed by atoms with Crippen molar-refractivity contribution >= 4 is 17.6 Å². The van der Waals surface area contributed by atoms with Crippen LogP contribution in [0.2, 0.25) is 0 Å². The molecule has 1 amide bonds. The number of allylic oxidation sites excluding steroid dienone is 2. The van der Waals surface area contributed by atoms with Crippen molar-refractivity contribution in [3.63, 3.8) is 0 Å². The van der Waals surface area contributed by atoms with Crippen molar-refractivity contribution in [2.24, 2.45) is 33.7 Å². The van der Waals surface area contributed by atoms with Gasteiger partial charge in [-0.2, -0.15) is 0 Å². The molecule has 1 aromatic carbocycles. The maximum atomic E-state index is 12.4. The molecule has 7 heteroatoms. The monoisotopic (exact) mass is 546 g/mol. The first-order valence-electron chi connectivity index (χ1n) is 14.7. The molecule has 4 aliphatic rings. The van der Waals surface area contributed by atoms with Gasteiger partial charge in [-0.1, -0.05) is 60.8 Å². The van der Waals surface area contributed by atoms with Gasteiger partial charge >= 0.3 is 5.97 Å². The average Bonchev–Trinajstić information content (AvgIpc) is 3.22. The van der Waals surface area contributed by atoms with Crippen LogP contribution >= 0.6 is 0 Å². The number of hydrogen-bond donors (Lipinski definition) is 3. The lowest BCUT2D eigenvalue weighted by Crippen LogP contribution is -2.54. The van der Waals surface area contributed by atoms with Gasteiger partial charge in [-0.05, 0) is 86.2 Å². The van der Waals surface area contributed by atoms with E-state index in [2.05, 4.69) is 36.3 Å². The predicted octanol–water partition coefficient (Wildman–Crippen LogP) is 5.06. The zero-order valence-electron chi connectivity index (χ0n) is 23.7. The summed E-state index contributed by atoms with van der Waals surface area (Å²) in [5, 5.41) is 27.6. The van der Waals surface area contributed by atoms with Gasteiger partial charge in [0, 0.05) is 17.9 Å². The fourth-order valence-electron chi connectivity index (χ4n) is 8.60. The van der Waals surface area contributed by atoms with Crippen LogP contribution < -0.4 is 5.32 Å². The lowest BCUT2D eigenvalue weighted by atomic mass is 9.46. The number of amides is 1. The fraction of sp³-hybridized carbons (Fsp3) is 0.606. The molecule has 40 heavy (non-hydrogen) atoms. The molecule has 1 aromatic rings. The molecule has 0 saturated heterocycles. The number of aliphatic carboxylic acids is 1. The molecule has 7 atom stereocenters. The number of nitrogens with one attached hydrogen (secondary N) is 1. The van der Waals surface area contributed by atoms with Gasteiger partial charge in [0.2, 0.25) is 0 Å². The van der Waals surface area contributed by atoms with Crippen LogP contribution in [-0.2, 0) is 14.4 Å². The maximum absolute atomic E-state index is 12.4. The van der Waals surface area contributed by atoms with Gasteiger partial charge in [-0.25, -0.2) is 0 Å². The van der Waals surface area contributed by atoms with Gasteiger partial charge in [0.1, 0.15) is 5.60 Å². The second-order valence-electron chi connectivity index (χ2n) is 12.9. The molecule has 0 heterocycles. The SMILES string of the molecule is C#C[C@@]1(O)CC[C@H]2[C@@H]3CCC4=C/C(=N/OCC(=O)NC[C@@H](CC(=O)O)c5ccccc5)CC[C@]4(C)[C@H]3CC[C@@]21C. The number of fused-ring (bicyclic) bond motifs is 5. The summed E-state index contributed by atoms with van der Waals surface area (Å²) in [7, 11) is 0. The quantitative estimate of drug-likeness (QED) is 0.312. The number of carboxylic acid groups (broad SMARTS) is 1. The van der Waals surface area contributed by atoms with Crippen molar-refractivity contribution in [3.8, 4) is 12.3 Å². The Bertz CT molecular complexity index is 1230. The molecule has 4 aliphatic carbocycles. The number of terminal acetylenes is 1. The number of oxime groups is 1. The van der Waals surface area contributed by atoms with E-state index in [9.17, 15) is 19.8 Å². The van der Waals surface area contributed by atoms with E-state index in [1.807, 2.05) is 30.3 Å². The molecular weight excluding hydrogens is 504 g/mol. The van der Waals surface area contributed by atoms with E-state index >= 15 is 0 Å². The third kappa shape index (κ3) is 5.07. The molecule has 0 aliphatic heterocycles. The Labute approximate surface area is 237 Å². The normalized spacial score (nSPS) is 36.3. The van der Waals surface area contributed by atoms with E-state index in [-0.39, 0.29) is 42.2 Å². The Kier molecular flexibility index (Phi) is 7.85. The molecule has 0 aromatic heterocycles. The van der Waals surface area contributed by atoms with Crippen LogP contribution in [-0.4, -0.2) is 46.6 Å². The summed E-state index contributed by atoms with van der Waals surface area (Å²) in [6, 6.07) is 9.34. The molecule has 214 valence electrons. The number of hydrogen-bond acceptors (Lipinski definition) is 5. The van der Waals surface area contributed by atoms with E-state index in [4.69, 9.17) is 11.3 Å². The van der Waals surface area contributed by atoms with Gasteiger partial charge in [-0.15, -0.1) is 6.42 Å². The van der Waals surface area contributed by atoms with E-state index in [1.54, 1.807) is 0 Å². The maximum Gasteiger partial charge on any atom is 0.304 e. The minimum Gasteiger partial charge on any atom is -0.481 e. The minimum absolute atomic E-state index is 0.0631. The molecule has 3 fully saturated rings. The number of nitrogens with zero attached hydrogens (tertiary/aromatic N) is 1. The van der Waals surface area contributed by atoms with Crippen molar-refractivity contribution in [2.75, 3.05) is 13.2 Å². The van der Waals surface area contributed by atoms with Crippen LogP contribution in [0.4, 0.5) is 0 Å². The van der Waals surface area contributed by atoms with Crippen LogP contribution in [0.1, 0.15) is 83.1 Å². The second-order valence-corrected chi connectivity index (χ2v) is 12.9. The van der Waals surface area contributed by atoms with E-state index in [1.165, 1.54) is 5.57 Å². The number of benzene rings is 1. The standard InChI is InChI=1S/C33H42N2O5/c1-4-33(39)17-14-28-26-11-10-24-19-25(12-15-31(24,2)27(26)13-16-32(28,33)3)35-40-21-29(36)34-20-23(18-30(37)38)22-8-6-5-7-9-22/h1,5-9,19,23,26-28,39H,10-18,20-21H2,2-3H3,(H,34,36)(H,37,38)/b35-25+/t23-,26-,27+,28+,31+,32+,33-/m1/s1. The van der Waals surface area contributed by atoms with Crippen LogP contribution in [0.5, 0.6) is 0 Å². The number of carboxylic acids is 1. The van der Waals surface area contributed by atoms with E-state index < -0.39 is 11.6 Å². The number of carbonyl (C=O) groups is 2. The highest BCUT2D eigenvalue weighted by Gasteiger charge is 2.63. The lowest BCUT2D eigenvalue weighted by molar-refractivity contribution is -0.137. The summed E-state index contributed by atoms with van der Waals surface area (Å²) in [6.07, 6.45) is 15.7.